The van der Waals surface area contributed by atoms with E-state index in [1.54, 1.807) is 35.4 Å². The zero-order valence-electron chi connectivity index (χ0n) is 24.3. The Morgan fingerprint density at radius 3 is 2.52 bits per heavy atom. The summed E-state index contributed by atoms with van der Waals surface area (Å²) in [7, 11) is 4.94. The summed E-state index contributed by atoms with van der Waals surface area (Å²) in [6.07, 6.45) is 0.643. The van der Waals surface area contributed by atoms with Gasteiger partial charge < -0.3 is 29.8 Å². The van der Waals surface area contributed by atoms with Gasteiger partial charge in [0.2, 0.25) is 0 Å². The van der Waals surface area contributed by atoms with Gasteiger partial charge in [0.15, 0.2) is 0 Å². The van der Waals surface area contributed by atoms with Crippen LogP contribution in [0.15, 0.2) is 65.3 Å². The molecular weight excluding hydrogens is 634 g/mol. The molecule has 2 heterocycles. The number of rotatable bonds is 12. The summed E-state index contributed by atoms with van der Waals surface area (Å²) < 4.78 is 10.8. The lowest BCUT2D eigenvalue weighted by Gasteiger charge is -2.19. The van der Waals surface area contributed by atoms with Gasteiger partial charge in [0.1, 0.15) is 24.1 Å². The number of imidazole rings is 1. The summed E-state index contributed by atoms with van der Waals surface area (Å²) in [5.74, 6) is 0.473. The fourth-order valence-corrected chi connectivity index (χ4v) is 4.76. The summed E-state index contributed by atoms with van der Waals surface area (Å²) in [5, 5.41) is 14.7. The van der Waals surface area contributed by atoms with Gasteiger partial charge in [0.05, 0.1) is 31.5 Å². The molecule has 230 valence electrons. The predicted molar refractivity (Wildman–Crippen MR) is 166 cm³/mol. The van der Waals surface area contributed by atoms with Gasteiger partial charge in [0, 0.05) is 54.4 Å². The van der Waals surface area contributed by atoms with Crippen molar-refractivity contribution in [2.24, 2.45) is 0 Å². The highest BCUT2D eigenvalue weighted by atomic mass is 79.9. The number of carbonyl (C=O) groups is 3. The third-order valence-corrected chi connectivity index (χ3v) is 7.02. The number of aromatic amines is 1. The van der Waals surface area contributed by atoms with Crippen LogP contribution in [0.2, 0.25) is 0 Å². The number of alkyl carbamates (subject to hydrolysis) is 1. The first-order chi connectivity index (χ1) is 21.1. The number of aryl methyl sites for hydroxylation is 1. The molecule has 0 saturated heterocycles. The van der Waals surface area contributed by atoms with Crippen molar-refractivity contribution in [1.82, 2.24) is 25.3 Å². The minimum atomic E-state index is -0.950. The number of hydrogen-bond donors (Lipinski definition) is 4. The molecule has 0 saturated carbocycles. The largest absolute Gasteiger partial charge is 0.481 e. The van der Waals surface area contributed by atoms with Gasteiger partial charge in [-0.2, -0.15) is 0 Å². The van der Waals surface area contributed by atoms with E-state index in [1.807, 2.05) is 44.4 Å². The van der Waals surface area contributed by atoms with E-state index in [2.05, 4.69) is 51.2 Å². The summed E-state index contributed by atoms with van der Waals surface area (Å²) >= 11 is 3.54. The minimum Gasteiger partial charge on any atom is -0.481 e. The third-order valence-electron chi connectivity index (χ3n) is 6.37. The van der Waals surface area contributed by atoms with Crippen LogP contribution in [0.3, 0.4) is 0 Å². The van der Waals surface area contributed by atoms with E-state index in [1.165, 1.54) is 7.11 Å². The van der Waals surface area contributed by atoms with Crippen LogP contribution in [0.25, 0.3) is 11.3 Å². The highest BCUT2D eigenvalue weighted by molar-refractivity contribution is 9.10. The fourth-order valence-electron chi connectivity index (χ4n) is 4.16. The molecule has 0 aliphatic carbocycles. The lowest BCUT2D eigenvalue weighted by Crippen LogP contribution is -2.31. The first-order valence-electron chi connectivity index (χ1n) is 13.5. The van der Waals surface area contributed by atoms with E-state index >= 15 is 0 Å². The number of nitrogens with zero attached hydrogens (tertiary/aromatic N) is 4. The number of nitrogens with one attached hydrogen (secondary N) is 3. The van der Waals surface area contributed by atoms with Crippen molar-refractivity contribution in [1.29, 1.82) is 0 Å². The Morgan fingerprint density at radius 2 is 1.84 bits per heavy atom. The molecule has 0 aliphatic heterocycles. The van der Waals surface area contributed by atoms with Gasteiger partial charge in [-0.05, 0) is 23.8 Å². The number of carbonyl (C=O) groups excluding carboxylic acids is 2. The smallest absolute Gasteiger partial charge is 0.411 e. The molecule has 0 spiro atoms. The first-order valence-corrected chi connectivity index (χ1v) is 14.3. The molecule has 0 fully saturated rings. The molecule has 2 amide bonds. The van der Waals surface area contributed by atoms with Crippen LogP contribution < -0.4 is 15.5 Å². The molecule has 4 N–H and O–H groups in total. The van der Waals surface area contributed by atoms with Crippen molar-refractivity contribution in [3.8, 4) is 11.3 Å². The SMILES string of the molecule is COC(=O)Nc1ccc(-c2cnc(C(Cc3cc(N(C)C)nc(CCC(=O)O)n3)NC(=O)OCc3ccccc3)[nH]2)c(Br)c1. The Bertz CT molecular complexity index is 1610. The molecule has 13 nitrogen and oxygen atoms in total. The molecule has 0 bridgehead atoms. The van der Waals surface area contributed by atoms with E-state index in [4.69, 9.17) is 9.84 Å². The molecule has 4 rings (SSSR count). The maximum Gasteiger partial charge on any atom is 0.411 e. The molecule has 14 heteroatoms. The lowest BCUT2D eigenvalue weighted by molar-refractivity contribution is -0.137. The van der Waals surface area contributed by atoms with Crippen molar-refractivity contribution < 1.29 is 29.0 Å². The van der Waals surface area contributed by atoms with Crippen LogP contribution in [-0.2, 0) is 33.7 Å². The molecule has 1 atom stereocenters. The average molecular weight is 667 g/mol. The average Bonchev–Trinajstić information content (AvgIpc) is 3.49. The second kappa shape index (κ2) is 15.0. The van der Waals surface area contributed by atoms with Crippen LogP contribution in [-0.4, -0.2) is 64.4 Å². The van der Waals surface area contributed by atoms with Gasteiger partial charge in [-0.25, -0.2) is 24.5 Å². The number of carboxylic acids is 1. The van der Waals surface area contributed by atoms with E-state index in [9.17, 15) is 14.4 Å². The number of H-pyrrole nitrogens is 1. The first kappa shape index (κ1) is 31.9. The van der Waals surface area contributed by atoms with Gasteiger partial charge in [-0.15, -0.1) is 0 Å². The number of halogens is 1. The molecular formula is C30H32BrN7O6. The predicted octanol–water partition coefficient (Wildman–Crippen LogP) is 5.10. The van der Waals surface area contributed by atoms with Gasteiger partial charge in [-0.1, -0.05) is 46.3 Å². The van der Waals surface area contributed by atoms with Crippen molar-refractivity contribution in [2.75, 3.05) is 31.4 Å². The second-order valence-corrected chi connectivity index (χ2v) is 10.7. The summed E-state index contributed by atoms with van der Waals surface area (Å²) in [6.45, 7) is 0.0827. The van der Waals surface area contributed by atoms with Gasteiger partial charge in [0.25, 0.3) is 0 Å². The van der Waals surface area contributed by atoms with Gasteiger partial charge >= 0.3 is 18.2 Å². The standard InChI is InChI=1S/C30H32BrN7O6/c1-38(2)26-15-20(33-25(37-26)11-12-27(39)40)14-23(36-30(42)44-17-18-7-5-4-6-8-18)28-32-16-24(35-28)21-10-9-19(13-22(21)31)34-29(41)43-3/h4-10,13,15-16,23H,11-12,14,17H2,1-3H3,(H,32,35)(H,34,41)(H,36,42)(H,39,40). The number of benzene rings is 2. The quantitative estimate of drug-likeness (QED) is 0.159. The third kappa shape index (κ3) is 9.01. The zero-order valence-corrected chi connectivity index (χ0v) is 25.9. The highest BCUT2D eigenvalue weighted by Gasteiger charge is 2.22. The number of aromatic nitrogens is 4. The maximum atomic E-state index is 13.0. The van der Waals surface area contributed by atoms with E-state index in [-0.39, 0.29) is 25.9 Å². The zero-order chi connectivity index (χ0) is 31.6. The molecule has 4 aromatic rings. The number of ether oxygens (including phenoxy) is 2. The van der Waals surface area contributed by atoms with Crippen LogP contribution in [0.5, 0.6) is 0 Å². The summed E-state index contributed by atoms with van der Waals surface area (Å²) in [5.41, 5.74) is 3.36. The molecule has 0 aliphatic rings. The van der Waals surface area contributed by atoms with Crippen molar-refractivity contribution in [3.63, 3.8) is 0 Å². The minimum absolute atomic E-state index is 0.0827. The summed E-state index contributed by atoms with van der Waals surface area (Å²) in [6, 6.07) is 15.6. The summed E-state index contributed by atoms with van der Waals surface area (Å²) in [4.78, 5) is 54.4. The number of amides is 2. The normalized spacial score (nSPS) is 11.4. The number of anilines is 2. The second-order valence-electron chi connectivity index (χ2n) is 9.88. The van der Waals surface area contributed by atoms with Crippen LogP contribution in [0.1, 0.15) is 35.4 Å². The Balaban J connectivity index is 1.61. The highest BCUT2D eigenvalue weighted by Crippen LogP contribution is 2.31. The molecule has 2 aromatic heterocycles. The number of methoxy groups -OCH3 is 1. The van der Waals surface area contributed by atoms with Crippen LogP contribution >= 0.6 is 15.9 Å². The number of carboxylic acid groups (broad SMARTS) is 1. The van der Waals surface area contributed by atoms with E-state index in [0.717, 1.165) is 11.1 Å². The number of aliphatic carboxylic acids is 1. The van der Waals surface area contributed by atoms with Crippen molar-refractivity contribution >= 4 is 45.6 Å². The monoisotopic (exact) mass is 665 g/mol. The lowest BCUT2D eigenvalue weighted by atomic mass is 10.1. The van der Waals surface area contributed by atoms with Crippen LogP contribution in [0.4, 0.5) is 21.1 Å². The van der Waals surface area contributed by atoms with Gasteiger partial charge in [-0.3, -0.25) is 10.1 Å². The fraction of sp³-hybridized carbons (Fsp3) is 0.267. The Hall–Kier alpha value is -4.98. The molecule has 0 radical (unpaired) electrons. The Kier molecular flexibility index (Phi) is 10.9. The molecule has 1 unspecified atom stereocenters. The topological polar surface area (TPSA) is 172 Å². The van der Waals surface area contributed by atoms with Crippen molar-refractivity contribution in [2.45, 2.75) is 31.9 Å². The molecule has 44 heavy (non-hydrogen) atoms. The van der Waals surface area contributed by atoms with Crippen molar-refractivity contribution in [3.05, 3.63) is 88.2 Å². The molecule has 2 aromatic carbocycles. The Morgan fingerprint density at radius 1 is 1.07 bits per heavy atom. The number of hydrogen-bond acceptors (Lipinski definition) is 9. The Labute approximate surface area is 262 Å². The van der Waals surface area contributed by atoms with E-state index in [0.29, 0.717) is 39.0 Å². The van der Waals surface area contributed by atoms with Crippen LogP contribution in [0, 0.1) is 0 Å². The van der Waals surface area contributed by atoms with E-state index < -0.39 is 24.2 Å². The maximum absolute atomic E-state index is 13.0.